The van der Waals surface area contributed by atoms with Gasteiger partial charge in [0.15, 0.2) is 0 Å². The van der Waals surface area contributed by atoms with Crippen LogP contribution in [-0.4, -0.2) is 29.9 Å². The summed E-state index contributed by atoms with van der Waals surface area (Å²) in [5.74, 6) is -0.475. The number of anilines is 1. The van der Waals surface area contributed by atoms with Crippen molar-refractivity contribution in [2.45, 2.75) is 13.1 Å². The van der Waals surface area contributed by atoms with Crippen LogP contribution in [0.1, 0.15) is 21.6 Å². The summed E-state index contributed by atoms with van der Waals surface area (Å²) < 4.78 is 15.0. The highest BCUT2D eigenvalue weighted by molar-refractivity contribution is 9.10. The molecule has 3 rings (SSSR count). The van der Waals surface area contributed by atoms with Crippen LogP contribution in [0.3, 0.4) is 0 Å². The molecule has 0 fully saturated rings. The molecule has 1 aliphatic heterocycles. The third-order valence-electron chi connectivity index (χ3n) is 3.71. The molecule has 0 bridgehead atoms. The minimum Gasteiger partial charge on any atom is -0.377 e. The number of halogens is 2. The van der Waals surface area contributed by atoms with Gasteiger partial charge < -0.3 is 9.80 Å². The number of rotatable bonds is 3. The molecule has 0 N–H and O–H groups in total. The zero-order valence-corrected chi connectivity index (χ0v) is 13.9. The molecule has 0 saturated carbocycles. The Labute approximate surface area is 136 Å². The third kappa shape index (κ3) is 2.59. The first-order valence-corrected chi connectivity index (χ1v) is 7.65. The molecule has 0 aliphatic carbocycles. The van der Waals surface area contributed by atoms with E-state index in [-0.39, 0.29) is 18.3 Å². The lowest BCUT2D eigenvalue weighted by Crippen LogP contribution is -2.25. The summed E-state index contributed by atoms with van der Waals surface area (Å²) in [6.45, 7) is 0.687. The molecule has 22 heavy (non-hydrogen) atoms. The molecule has 2 heterocycles. The number of benzene rings is 1. The van der Waals surface area contributed by atoms with Crippen molar-refractivity contribution in [2.75, 3.05) is 19.0 Å². The predicted molar refractivity (Wildman–Crippen MR) is 86.2 cm³/mol. The van der Waals surface area contributed by atoms with Crippen molar-refractivity contribution in [3.05, 3.63) is 57.6 Å². The van der Waals surface area contributed by atoms with E-state index >= 15 is 0 Å². The van der Waals surface area contributed by atoms with Crippen molar-refractivity contribution in [3.8, 4) is 0 Å². The molecule has 0 radical (unpaired) electrons. The third-order valence-corrected chi connectivity index (χ3v) is 4.17. The summed E-state index contributed by atoms with van der Waals surface area (Å²) >= 11 is 3.31. The molecule has 1 aromatic heterocycles. The first kappa shape index (κ1) is 15.0. The Morgan fingerprint density at radius 1 is 1.41 bits per heavy atom. The second kappa shape index (κ2) is 5.68. The average molecular weight is 364 g/mol. The molecule has 114 valence electrons. The molecule has 1 amide bonds. The van der Waals surface area contributed by atoms with Gasteiger partial charge in [0.2, 0.25) is 0 Å². The SMILES string of the molecule is CN(C)c1cc(Br)cc(F)c1CN1Cc2cccnc2C1=O. The van der Waals surface area contributed by atoms with Crippen molar-refractivity contribution < 1.29 is 9.18 Å². The largest absolute Gasteiger partial charge is 0.377 e. The fraction of sp³-hybridized carbons (Fsp3) is 0.250. The maximum absolute atomic E-state index is 14.4. The molecule has 0 saturated heterocycles. The number of amides is 1. The van der Waals surface area contributed by atoms with Crippen molar-refractivity contribution in [1.82, 2.24) is 9.88 Å². The van der Waals surface area contributed by atoms with Gasteiger partial charge in [-0.3, -0.25) is 9.78 Å². The van der Waals surface area contributed by atoms with Gasteiger partial charge in [0.05, 0.1) is 6.54 Å². The highest BCUT2D eigenvalue weighted by Crippen LogP contribution is 2.30. The van der Waals surface area contributed by atoms with E-state index in [0.717, 1.165) is 11.3 Å². The second-order valence-corrected chi connectivity index (χ2v) is 6.37. The summed E-state index contributed by atoms with van der Waals surface area (Å²) in [5.41, 5.74) is 2.61. The fourth-order valence-corrected chi connectivity index (χ4v) is 3.07. The topological polar surface area (TPSA) is 36.4 Å². The summed E-state index contributed by atoms with van der Waals surface area (Å²) in [6, 6.07) is 6.96. The van der Waals surface area contributed by atoms with Gasteiger partial charge >= 0.3 is 0 Å². The van der Waals surface area contributed by atoms with Crippen LogP contribution < -0.4 is 4.90 Å². The van der Waals surface area contributed by atoms with E-state index in [2.05, 4.69) is 20.9 Å². The van der Waals surface area contributed by atoms with Crippen LogP contribution in [0.15, 0.2) is 34.9 Å². The first-order chi connectivity index (χ1) is 10.5. The number of hydrogen-bond acceptors (Lipinski definition) is 3. The first-order valence-electron chi connectivity index (χ1n) is 6.86. The smallest absolute Gasteiger partial charge is 0.273 e. The van der Waals surface area contributed by atoms with Crippen molar-refractivity contribution in [1.29, 1.82) is 0 Å². The lowest BCUT2D eigenvalue weighted by atomic mass is 10.1. The zero-order valence-electron chi connectivity index (χ0n) is 12.3. The van der Waals surface area contributed by atoms with E-state index < -0.39 is 0 Å². The Bertz CT molecular complexity index is 748. The van der Waals surface area contributed by atoms with Crippen molar-refractivity contribution in [2.24, 2.45) is 0 Å². The fourth-order valence-electron chi connectivity index (χ4n) is 2.65. The maximum Gasteiger partial charge on any atom is 0.273 e. The Balaban J connectivity index is 1.94. The standard InChI is InChI=1S/C16H15BrFN3O/c1-20(2)14-7-11(17)6-13(18)12(14)9-21-8-10-4-3-5-19-15(10)16(21)22/h3-7H,8-9H2,1-2H3. The summed E-state index contributed by atoms with van der Waals surface area (Å²) in [6.07, 6.45) is 1.60. The van der Waals surface area contributed by atoms with Crippen molar-refractivity contribution >= 4 is 27.5 Å². The van der Waals surface area contributed by atoms with Crippen molar-refractivity contribution in [3.63, 3.8) is 0 Å². The van der Waals surface area contributed by atoms with E-state index in [0.29, 0.717) is 22.3 Å². The van der Waals surface area contributed by atoms with E-state index in [4.69, 9.17) is 0 Å². The van der Waals surface area contributed by atoms with Gasteiger partial charge in [-0.05, 0) is 18.2 Å². The van der Waals surface area contributed by atoms with Gasteiger partial charge in [0.25, 0.3) is 5.91 Å². The van der Waals surface area contributed by atoms with Crippen LogP contribution in [0.4, 0.5) is 10.1 Å². The molecule has 6 heteroatoms. The van der Waals surface area contributed by atoms with Crippen LogP contribution >= 0.6 is 15.9 Å². The normalized spacial score (nSPS) is 13.5. The van der Waals surface area contributed by atoms with Gasteiger partial charge in [-0.1, -0.05) is 22.0 Å². The number of pyridine rings is 1. The van der Waals surface area contributed by atoms with Crippen LogP contribution in [0.25, 0.3) is 0 Å². The quantitative estimate of drug-likeness (QED) is 0.839. The number of carbonyl (C=O) groups excluding carboxylic acids is 1. The number of nitrogens with zero attached hydrogens (tertiary/aromatic N) is 3. The molecule has 0 unspecified atom stereocenters. The lowest BCUT2D eigenvalue weighted by Gasteiger charge is -2.22. The maximum atomic E-state index is 14.4. The number of carbonyl (C=O) groups is 1. The van der Waals surface area contributed by atoms with Gasteiger partial charge in [-0.15, -0.1) is 0 Å². The second-order valence-electron chi connectivity index (χ2n) is 5.45. The molecule has 1 aromatic carbocycles. The molecule has 4 nitrogen and oxygen atoms in total. The highest BCUT2D eigenvalue weighted by Gasteiger charge is 2.29. The average Bonchev–Trinajstić information content (AvgIpc) is 2.78. The van der Waals surface area contributed by atoms with E-state index in [9.17, 15) is 9.18 Å². The molecule has 1 aliphatic rings. The molecule has 0 atom stereocenters. The molecular weight excluding hydrogens is 349 g/mol. The summed E-state index contributed by atoms with van der Waals surface area (Å²) in [7, 11) is 3.71. The lowest BCUT2D eigenvalue weighted by molar-refractivity contribution is 0.0761. The Morgan fingerprint density at radius 2 is 2.18 bits per heavy atom. The van der Waals surface area contributed by atoms with Crippen LogP contribution in [0, 0.1) is 5.82 Å². The van der Waals surface area contributed by atoms with Gasteiger partial charge in [-0.25, -0.2) is 4.39 Å². The monoisotopic (exact) mass is 363 g/mol. The minimum atomic E-state index is -0.324. The Kier molecular flexibility index (Phi) is 3.87. The molecule has 0 spiro atoms. The van der Waals surface area contributed by atoms with Crippen LogP contribution in [-0.2, 0) is 13.1 Å². The predicted octanol–water partition coefficient (Wildman–Crippen LogP) is 3.21. The van der Waals surface area contributed by atoms with E-state index in [1.165, 1.54) is 6.07 Å². The number of hydrogen-bond donors (Lipinski definition) is 0. The van der Waals surface area contributed by atoms with Gasteiger partial charge in [-0.2, -0.15) is 0 Å². The van der Waals surface area contributed by atoms with Crippen LogP contribution in [0.5, 0.6) is 0 Å². The van der Waals surface area contributed by atoms with Gasteiger partial charge in [0, 0.05) is 48.1 Å². The Morgan fingerprint density at radius 3 is 2.86 bits per heavy atom. The Hall–Kier alpha value is -1.95. The van der Waals surface area contributed by atoms with E-state index in [1.54, 1.807) is 17.2 Å². The van der Waals surface area contributed by atoms with Gasteiger partial charge in [0.1, 0.15) is 11.5 Å². The number of aromatic nitrogens is 1. The summed E-state index contributed by atoms with van der Waals surface area (Å²) in [4.78, 5) is 20.0. The molecule has 2 aromatic rings. The van der Waals surface area contributed by atoms with E-state index in [1.807, 2.05) is 31.1 Å². The minimum absolute atomic E-state index is 0.150. The zero-order chi connectivity index (χ0) is 15.9. The van der Waals surface area contributed by atoms with Crippen LogP contribution in [0.2, 0.25) is 0 Å². The highest BCUT2D eigenvalue weighted by atomic mass is 79.9. The number of fused-ring (bicyclic) bond motifs is 1. The summed E-state index contributed by atoms with van der Waals surface area (Å²) in [5, 5.41) is 0. The molecular formula is C16H15BrFN3O.